The fraction of sp³-hybridized carbons (Fsp3) is 0.632. The summed E-state index contributed by atoms with van der Waals surface area (Å²) in [5.74, 6) is -0.0789. The summed E-state index contributed by atoms with van der Waals surface area (Å²) >= 11 is 0. The van der Waals surface area contributed by atoms with Gasteiger partial charge < -0.3 is 19.7 Å². The molecule has 2 aliphatic carbocycles. The van der Waals surface area contributed by atoms with Crippen LogP contribution in [0.1, 0.15) is 39.0 Å². The van der Waals surface area contributed by atoms with E-state index in [0.717, 1.165) is 19.3 Å². The van der Waals surface area contributed by atoms with Gasteiger partial charge in [-0.1, -0.05) is 12.8 Å². The largest absolute Gasteiger partial charge is 0.494 e. The molecule has 25 heavy (non-hydrogen) atoms. The van der Waals surface area contributed by atoms with Gasteiger partial charge in [-0.15, -0.1) is 0 Å². The third-order valence-electron chi connectivity index (χ3n) is 5.84. The zero-order valence-electron chi connectivity index (χ0n) is 15.2. The molecule has 2 saturated carbocycles. The molecule has 1 aromatic rings. The number of hydrogen-bond acceptors (Lipinski definition) is 3. The summed E-state index contributed by atoms with van der Waals surface area (Å²) in [5.41, 5.74) is 0.566. The lowest BCUT2D eigenvalue weighted by Crippen LogP contribution is -2.64. The van der Waals surface area contributed by atoms with Crippen molar-refractivity contribution in [3.05, 3.63) is 24.0 Å². The molecule has 0 aromatic heterocycles. The fourth-order valence-electron chi connectivity index (χ4n) is 4.51. The number of carbonyl (C=O) groups is 1. The number of amides is 2. The molecular formula is C19H27FN2O3. The summed E-state index contributed by atoms with van der Waals surface area (Å²) in [6.45, 7) is 2.73. The SMILES string of the molecule is CCO[C@@H]1C[C@@H](N(C)C(=O)Nc2ccc(F)cc2OC)C12CCCC2. The van der Waals surface area contributed by atoms with Crippen LogP contribution < -0.4 is 10.1 Å². The van der Waals surface area contributed by atoms with E-state index in [1.807, 2.05) is 14.0 Å². The molecule has 1 aromatic carbocycles. The van der Waals surface area contributed by atoms with E-state index in [0.29, 0.717) is 18.0 Å². The van der Waals surface area contributed by atoms with Gasteiger partial charge in [0.25, 0.3) is 0 Å². The number of halogens is 1. The number of urea groups is 1. The minimum Gasteiger partial charge on any atom is -0.494 e. The van der Waals surface area contributed by atoms with Gasteiger partial charge in [-0.2, -0.15) is 0 Å². The van der Waals surface area contributed by atoms with Crippen molar-refractivity contribution in [1.82, 2.24) is 4.90 Å². The maximum Gasteiger partial charge on any atom is 0.321 e. The Hall–Kier alpha value is -1.82. The van der Waals surface area contributed by atoms with Crippen LogP contribution >= 0.6 is 0 Å². The Kier molecular flexibility index (Phi) is 5.18. The summed E-state index contributed by atoms with van der Waals surface area (Å²) in [6, 6.07) is 4.08. The highest BCUT2D eigenvalue weighted by Crippen LogP contribution is 2.56. The highest BCUT2D eigenvalue weighted by Gasteiger charge is 2.58. The standard InChI is InChI=1S/C19H27FN2O3/c1-4-25-17-12-16(19(17)9-5-6-10-19)22(2)18(23)21-14-8-7-13(20)11-15(14)24-3/h7-8,11,16-17H,4-6,9-10,12H2,1-3H3,(H,21,23)/t16-,17-/m1/s1. The monoisotopic (exact) mass is 350 g/mol. The van der Waals surface area contributed by atoms with Gasteiger partial charge in [0.15, 0.2) is 0 Å². The molecule has 2 aliphatic rings. The first kappa shape index (κ1) is 18.0. The molecule has 1 spiro atoms. The van der Waals surface area contributed by atoms with E-state index >= 15 is 0 Å². The van der Waals surface area contributed by atoms with E-state index in [1.54, 1.807) is 4.90 Å². The molecule has 0 saturated heterocycles. The van der Waals surface area contributed by atoms with Gasteiger partial charge >= 0.3 is 6.03 Å². The summed E-state index contributed by atoms with van der Waals surface area (Å²) in [5, 5.41) is 2.85. The molecule has 2 fully saturated rings. The van der Waals surface area contributed by atoms with Crippen LogP contribution in [-0.2, 0) is 4.74 Å². The van der Waals surface area contributed by atoms with Crippen LogP contribution in [0.5, 0.6) is 5.75 Å². The summed E-state index contributed by atoms with van der Waals surface area (Å²) in [4.78, 5) is 14.5. The van der Waals surface area contributed by atoms with E-state index in [1.165, 1.54) is 38.2 Å². The van der Waals surface area contributed by atoms with Gasteiger partial charge in [0.05, 0.1) is 18.9 Å². The van der Waals surface area contributed by atoms with Gasteiger partial charge in [-0.25, -0.2) is 9.18 Å². The van der Waals surface area contributed by atoms with E-state index in [4.69, 9.17) is 9.47 Å². The highest BCUT2D eigenvalue weighted by atomic mass is 19.1. The Bertz CT molecular complexity index is 631. The van der Waals surface area contributed by atoms with Crippen molar-refractivity contribution in [3.63, 3.8) is 0 Å². The number of hydrogen-bond donors (Lipinski definition) is 1. The van der Waals surface area contributed by atoms with E-state index < -0.39 is 5.82 Å². The predicted molar refractivity (Wildman–Crippen MR) is 94.5 cm³/mol. The number of nitrogens with zero attached hydrogens (tertiary/aromatic N) is 1. The molecule has 0 bridgehead atoms. The Morgan fingerprint density at radius 3 is 2.76 bits per heavy atom. The smallest absolute Gasteiger partial charge is 0.321 e. The molecule has 138 valence electrons. The van der Waals surface area contributed by atoms with E-state index in [2.05, 4.69) is 5.32 Å². The summed E-state index contributed by atoms with van der Waals surface area (Å²) < 4.78 is 24.4. The first-order valence-electron chi connectivity index (χ1n) is 9.00. The quantitative estimate of drug-likeness (QED) is 0.872. The Labute approximate surface area is 148 Å². The Morgan fingerprint density at radius 1 is 1.40 bits per heavy atom. The minimum absolute atomic E-state index is 0.0922. The van der Waals surface area contributed by atoms with Crippen LogP contribution in [0, 0.1) is 11.2 Å². The van der Waals surface area contributed by atoms with Gasteiger partial charge in [-0.05, 0) is 38.3 Å². The molecule has 5 nitrogen and oxygen atoms in total. The molecule has 0 heterocycles. The predicted octanol–water partition coefficient (Wildman–Crippen LogP) is 4.04. The molecule has 1 N–H and O–H groups in total. The molecule has 0 radical (unpaired) electrons. The van der Waals surface area contributed by atoms with Crippen LogP contribution in [0.2, 0.25) is 0 Å². The van der Waals surface area contributed by atoms with Crippen LogP contribution in [0.15, 0.2) is 18.2 Å². The lowest BCUT2D eigenvalue weighted by molar-refractivity contribution is -0.150. The third kappa shape index (κ3) is 3.19. The molecule has 6 heteroatoms. The van der Waals surface area contributed by atoms with Gasteiger partial charge in [0.2, 0.25) is 0 Å². The zero-order valence-corrected chi connectivity index (χ0v) is 15.2. The number of anilines is 1. The van der Waals surface area contributed by atoms with Gasteiger partial charge in [-0.3, -0.25) is 0 Å². The van der Waals surface area contributed by atoms with Crippen molar-refractivity contribution < 1.29 is 18.7 Å². The van der Waals surface area contributed by atoms with Crippen LogP contribution in [0.25, 0.3) is 0 Å². The zero-order chi connectivity index (χ0) is 18.0. The average Bonchev–Trinajstić information content (AvgIpc) is 3.12. The average molecular weight is 350 g/mol. The summed E-state index contributed by atoms with van der Waals surface area (Å²) in [7, 11) is 3.29. The molecule has 0 aliphatic heterocycles. The second-order valence-electron chi connectivity index (χ2n) is 7.02. The van der Waals surface area contributed by atoms with Crippen molar-refractivity contribution in [1.29, 1.82) is 0 Å². The van der Waals surface area contributed by atoms with Crippen molar-refractivity contribution in [2.75, 3.05) is 26.1 Å². The van der Waals surface area contributed by atoms with E-state index in [-0.39, 0.29) is 23.6 Å². The molecule has 3 rings (SSSR count). The molecule has 0 unspecified atom stereocenters. The topological polar surface area (TPSA) is 50.8 Å². The minimum atomic E-state index is -0.397. The summed E-state index contributed by atoms with van der Waals surface area (Å²) in [6.07, 6.45) is 5.74. The Morgan fingerprint density at radius 2 is 2.12 bits per heavy atom. The number of carbonyl (C=O) groups excluding carboxylic acids is 1. The van der Waals surface area contributed by atoms with Crippen molar-refractivity contribution in [2.24, 2.45) is 5.41 Å². The molecule has 2 amide bonds. The maximum atomic E-state index is 13.3. The second-order valence-corrected chi connectivity index (χ2v) is 7.02. The number of methoxy groups -OCH3 is 1. The fourth-order valence-corrected chi connectivity index (χ4v) is 4.51. The number of rotatable bonds is 5. The lowest BCUT2D eigenvalue weighted by atomic mass is 9.60. The maximum absolute atomic E-state index is 13.3. The first-order valence-corrected chi connectivity index (χ1v) is 9.00. The van der Waals surface area contributed by atoms with Gasteiger partial charge in [0, 0.05) is 31.2 Å². The Balaban J connectivity index is 1.71. The lowest BCUT2D eigenvalue weighted by Gasteiger charge is -2.56. The van der Waals surface area contributed by atoms with Crippen molar-refractivity contribution in [3.8, 4) is 5.75 Å². The van der Waals surface area contributed by atoms with Crippen molar-refractivity contribution in [2.45, 2.75) is 51.2 Å². The van der Waals surface area contributed by atoms with E-state index in [9.17, 15) is 9.18 Å². The second kappa shape index (κ2) is 7.20. The number of benzene rings is 1. The van der Waals surface area contributed by atoms with Gasteiger partial charge in [0.1, 0.15) is 11.6 Å². The van der Waals surface area contributed by atoms with Crippen LogP contribution in [0.3, 0.4) is 0 Å². The molecule has 2 atom stereocenters. The normalized spacial score (nSPS) is 24.0. The number of nitrogens with one attached hydrogen (secondary N) is 1. The molecular weight excluding hydrogens is 323 g/mol. The van der Waals surface area contributed by atoms with Crippen LogP contribution in [-0.4, -0.2) is 43.8 Å². The third-order valence-corrected chi connectivity index (χ3v) is 5.84. The van der Waals surface area contributed by atoms with Crippen molar-refractivity contribution >= 4 is 11.7 Å². The van der Waals surface area contributed by atoms with Crippen LogP contribution in [0.4, 0.5) is 14.9 Å². The first-order chi connectivity index (χ1) is 12.0. The highest BCUT2D eigenvalue weighted by molar-refractivity contribution is 5.91. The number of ether oxygens (including phenoxy) is 2.